The maximum Gasteiger partial charge on any atom is 0.0897 e. The molecule has 0 amide bonds. The van der Waals surface area contributed by atoms with Crippen LogP contribution >= 0.6 is 11.8 Å². The zero-order valence-corrected chi connectivity index (χ0v) is 14.9. The molecule has 0 spiro atoms. The second kappa shape index (κ2) is 11.8. The molecular formula is C16H35NO2S. The van der Waals surface area contributed by atoms with Gasteiger partial charge < -0.3 is 15.2 Å². The predicted octanol–water partition coefficient (Wildman–Crippen LogP) is 3.31. The smallest absolute Gasteiger partial charge is 0.0897 e. The Balaban J connectivity index is 3.64. The normalized spacial score (nSPS) is 13.9. The summed E-state index contributed by atoms with van der Waals surface area (Å²) in [6, 6.07) is 0. The minimum Gasteiger partial charge on any atom is -0.389 e. The summed E-state index contributed by atoms with van der Waals surface area (Å²) in [4.78, 5) is 0. The fourth-order valence-corrected chi connectivity index (χ4v) is 3.02. The molecule has 3 nitrogen and oxygen atoms in total. The maximum atomic E-state index is 9.88. The number of rotatable bonds is 13. The average Bonchev–Trinajstić information content (AvgIpc) is 2.43. The Bertz CT molecular complexity index is 212. The van der Waals surface area contributed by atoms with Gasteiger partial charge in [-0.25, -0.2) is 0 Å². The first kappa shape index (κ1) is 20.2. The highest BCUT2D eigenvalue weighted by atomic mass is 32.2. The van der Waals surface area contributed by atoms with E-state index in [1.807, 2.05) is 11.8 Å². The van der Waals surface area contributed by atoms with Gasteiger partial charge in [-0.2, -0.15) is 11.8 Å². The van der Waals surface area contributed by atoms with Crippen molar-refractivity contribution in [2.45, 2.75) is 64.2 Å². The molecule has 0 saturated heterocycles. The molecule has 0 radical (unpaired) electrons. The third-order valence-electron chi connectivity index (χ3n) is 3.93. The molecular weight excluding hydrogens is 270 g/mol. The summed E-state index contributed by atoms with van der Waals surface area (Å²) in [6.07, 6.45) is 6.35. The average molecular weight is 306 g/mol. The van der Waals surface area contributed by atoms with Gasteiger partial charge in [-0.15, -0.1) is 0 Å². The van der Waals surface area contributed by atoms with E-state index >= 15 is 0 Å². The molecule has 0 bridgehead atoms. The molecule has 0 aliphatic carbocycles. The molecule has 0 saturated carbocycles. The molecule has 4 heteroatoms. The van der Waals surface area contributed by atoms with Crippen LogP contribution in [0.3, 0.4) is 0 Å². The van der Waals surface area contributed by atoms with Crippen molar-refractivity contribution in [1.29, 1.82) is 0 Å². The van der Waals surface area contributed by atoms with E-state index in [0.717, 1.165) is 38.3 Å². The summed E-state index contributed by atoms with van der Waals surface area (Å²) < 4.78 is 5.82. The van der Waals surface area contributed by atoms with Crippen molar-refractivity contribution in [1.82, 2.24) is 5.32 Å². The van der Waals surface area contributed by atoms with Crippen LogP contribution in [-0.4, -0.2) is 48.5 Å². The Morgan fingerprint density at radius 1 is 1.25 bits per heavy atom. The molecule has 0 aliphatic heterocycles. The number of hydrogen-bond donors (Lipinski definition) is 2. The lowest BCUT2D eigenvalue weighted by molar-refractivity contribution is 0.0346. The van der Waals surface area contributed by atoms with Crippen molar-refractivity contribution >= 4 is 11.8 Å². The number of nitrogens with one attached hydrogen (secondary N) is 1. The van der Waals surface area contributed by atoms with E-state index in [2.05, 4.69) is 39.3 Å². The molecule has 1 unspecified atom stereocenters. The maximum absolute atomic E-state index is 9.88. The lowest BCUT2D eigenvalue weighted by Crippen LogP contribution is -2.40. The standard InChI is InChI=1S/C16H35NO2S/c1-6-16(7-2,20-5)13-17-11-15(18)12-19-10-8-9-14(3)4/h14-15,17-18H,6-13H2,1-5H3. The molecule has 0 aromatic heterocycles. The monoisotopic (exact) mass is 305 g/mol. The van der Waals surface area contributed by atoms with Gasteiger partial charge in [0.2, 0.25) is 0 Å². The highest BCUT2D eigenvalue weighted by molar-refractivity contribution is 8.00. The van der Waals surface area contributed by atoms with Crippen LogP contribution in [0.2, 0.25) is 0 Å². The van der Waals surface area contributed by atoms with Crippen molar-refractivity contribution in [3.63, 3.8) is 0 Å². The van der Waals surface area contributed by atoms with E-state index in [-0.39, 0.29) is 0 Å². The van der Waals surface area contributed by atoms with Crippen molar-refractivity contribution < 1.29 is 9.84 Å². The first-order valence-corrected chi connectivity index (χ1v) is 9.23. The lowest BCUT2D eigenvalue weighted by Gasteiger charge is -2.30. The zero-order valence-electron chi connectivity index (χ0n) is 14.1. The van der Waals surface area contributed by atoms with Gasteiger partial charge in [0.25, 0.3) is 0 Å². The van der Waals surface area contributed by atoms with E-state index in [1.165, 1.54) is 6.42 Å². The molecule has 0 rings (SSSR count). The van der Waals surface area contributed by atoms with Crippen LogP contribution < -0.4 is 5.32 Å². The van der Waals surface area contributed by atoms with E-state index in [4.69, 9.17) is 4.74 Å². The van der Waals surface area contributed by atoms with Gasteiger partial charge in [-0.3, -0.25) is 0 Å². The molecule has 0 fully saturated rings. The van der Waals surface area contributed by atoms with Crippen LogP contribution in [0.5, 0.6) is 0 Å². The molecule has 0 heterocycles. The van der Waals surface area contributed by atoms with Crippen molar-refractivity contribution in [3.05, 3.63) is 0 Å². The molecule has 0 aromatic carbocycles. The number of hydrogen-bond acceptors (Lipinski definition) is 4. The van der Waals surface area contributed by atoms with Gasteiger partial charge in [0.05, 0.1) is 12.7 Å². The number of aliphatic hydroxyl groups is 1. The van der Waals surface area contributed by atoms with Crippen LogP contribution in [0, 0.1) is 5.92 Å². The third-order valence-corrected chi connectivity index (χ3v) is 5.52. The Kier molecular flexibility index (Phi) is 12.0. The van der Waals surface area contributed by atoms with Gasteiger partial charge in [0, 0.05) is 24.4 Å². The van der Waals surface area contributed by atoms with Gasteiger partial charge in [-0.1, -0.05) is 27.7 Å². The summed E-state index contributed by atoms with van der Waals surface area (Å²) in [7, 11) is 0. The van der Waals surface area contributed by atoms with E-state index < -0.39 is 6.10 Å². The van der Waals surface area contributed by atoms with Gasteiger partial charge in [-0.05, 0) is 37.9 Å². The highest BCUT2D eigenvalue weighted by Crippen LogP contribution is 2.29. The first-order chi connectivity index (χ1) is 9.49. The third kappa shape index (κ3) is 9.22. The van der Waals surface area contributed by atoms with Crippen LogP contribution in [0.4, 0.5) is 0 Å². The van der Waals surface area contributed by atoms with Gasteiger partial charge >= 0.3 is 0 Å². The van der Waals surface area contributed by atoms with Gasteiger partial charge in [0.15, 0.2) is 0 Å². The Labute approximate surface area is 130 Å². The minimum absolute atomic E-state index is 0.303. The Morgan fingerprint density at radius 3 is 2.40 bits per heavy atom. The second-order valence-corrected chi connectivity index (χ2v) is 7.26. The van der Waals surface area contributed by atoms with Crippen LogP contribution in [0.1, 0.15) is 53.4 Å². The molecule has 122 valence electrons. The number of thioether (sulfide) groups is 1. The minimum atomic E-state index is -0.401. The topological polar surface area (TPSA) is 41.5 Å². The first-order valence-electron chi connectivity index (χ1n) is 8.01. The fourth-order valence-electron chi connectivity index (χ4n) is 2.20. The van der Waals surface area contributed by atoms with Crippen molar-refractivity contribution in [2.75, 3.05) is 32.6 Å². The summed E-state index contributed by atoms with van der Waals surface area (Å²) in [5.74, 6) is 0.730. The quantitative estimate of drug-likeness (QED) is 0.512. The van der Waals surface area contributed by atoms with Crippen LogP contribution in [0.25, 0.3) is 0 Å². The molecule has 0 aliphatic rings. The van der Waals surface area contributed by atoms with Crippen molar-refractivity contribution in [3.8, 4) is 0 Å². The van der Waals surface area contributed by atoms with Crippen LogP contribution in [-0.2, 0) is 4.74 Å². The Hall–Kier alpha value is 0.230. The summed E-state index contributed by atoms with van der Waals surface area (Å²) in [6.45, 7) is 11.7. The van der Waals surface area contributed by atoms with Crippen molar-refractivity contribution in [2.24, 2.45) is 5.92 Å². The SMILES string of the molecule is CCC(CC)(CNCC(O)COCCCC(C)C)SC. The van der Waals surface area contributed by atoms with E-state index in [9.17, 15) is 5.11 Å². The van der Waals surface area contributed by atoms with E-state index in [0.29, 0.717) is 17.9 Å². The summed E-state index contributed by atoms with van der Waals surface area (Å²) in [5.41, 5.74) is 0. The molecule has 20 heavy (non-hydrogen) atoms. The molecule has 1 atom stereocenters. The second-order valence-electron chi connectivity index (χ2n) is 5.99. The highest BCUT2D eigenvalue weighted by Gasteiger charge is 2.24. The lowest BCUT2D eigenvalue weighted by atomic mass is 10.0. The zero-order chi connectivity index (χ0) is 15.4. The summed E-state index contributed by atoms with van der Waals surface area (Å²) >= 11 is 1.92. The summed E-state index contributed by atoms with van der Waals surface area (Å²) in [5, 5.41) is 13.3. The number of aliphatic hydroxyl groups excluding tert-OH is 1. The van der Waals surface area contributed by atoms with Gasteiger partial charge in [0.1, 0.15) is 0 Å². The molecule has 0 aromatic rings. The largest absolute Gasteiger partial charge is 0.389 e. The molecule has 2 N–H and O–H groups in total. The van der Waals surface area contributed by atoms with E-state index in [1.54, 1.807) is 0 Å². The van der Waals surface area contributed by atoms with Crippen LogP contribution in [0.15, 0.2) is 0 Å². The fraction of sp³-hybridized carbons (Fsp3) is 1.00. The predicted molar refractivity (Wildman–Crippen MR) is 90.6 cm³/mol. The number of ether oxygens (including phenoxy) is 1. The Morgan fingerprint density at radius 2 is 1.90 bits per heavy atom.